The van der Waals surface area contributed by atoms with E-state index >= 15 is 0 Å². The average Bonchev–Trinajstić information content (AvgIpc) is 3.49. The van der Waals surface area contributed by atoms with Gasteiger partial charge in [-0.05, 0) is 43.2 Å². The molecule has 0 saturated carbocycles. The molecule has 1 aliphatic heterocycles. The Hall–Kier alpha value is -3.46. The maximum Gasteiger partial charge on any atom is 0.296 e. The van der Waals surface area contributed by atoms with Crippen molar-refractivity contribution >= 4 is 28.2 Å². The monoisotopic (exact) mass is 439 g/mol. The molecule has 4 rings (SSSR count). The van der Waals surface area contributed by atoms with Crippen molar-refractivity contribution in [2.24, 2.45) is 0 Å². The van der Waals surface area contributed by atoms with Gasteiger partial charge >= 0.3 is 0 Å². The summed E-state index contributed by atoms with van der Waals surface area (Å²) in [5.41, 5.74) is 0.535. The molecule has 1 aromatic carbocycles. The van der Waals surface area contributed by atoms with Gasteiger partial charge in [0.2, 0.25) is 10.9 Å². The van der Waals surface area contributed by atoms with Crippen LogP contribution in [0.5, 0.6) is 5.75 Å². The van der Waals surface area contributed by atoms with Gasteiger partial charge in [-0.25, -0.2) is 0 Å². The molecular weight excluding hydrogens is 418 g/mol. The van der Waals surface area contributed by atoms with Crippen molar-refractivity contribution in [2.75, 3.05) is 11.5 Å². The van der Waals surface area contributed by atoms with Crippen LogP contribution in [0.3, 0.4) is 0 Å². The van der Waals surface area contributed by atoms with Crippen LogP contribution in [0.15, 0.2) is 58.4 Å². The summed E-state index contributed by atoms with van der Waals surface area (Å²) < 4.78 is 11.0. The zero-order valence-corrected chi connectivity index (χ0v) is 17.9. The summed E-state index contributed by atoms with van der Waals surface area (Å²) in [7, 11) is 0. The number of furan rings is 1. The zero-order valence-electron chi connectivity index (χ0n) is 17.1. The minimum Gasteiger partial charge on any atom is -0.503 e. The average molecular weight is 439 g/mol. The normalized spacial score (nSPS) is 16.3. The van der Waals surface area contributed by atoms with Gasteiger partial charge < -0.3 is 14.3 Å². The maximum atomic E-state index is 13.2. The fourth-order valence-corrected chi connectivity index (χ4v) is 4.10. The van der Waals surface area contributed by atoms with Crippen LogP contribution in [-0.2, 0) is 4.79 Å². The number of hydrogen-bond donors (Lipinski definition) is 1. The van der Waals surface area contributed by atoms with Crippen LogP contribution >= 0.6 is 11.3 Å². The molecule has 1 aliphatic rings. The number of ether oxygens (including phenoxy) is 1. The number of unbranched alkanes of at least 4 members (excludes halogenated alkanes) is 1. The Balaban J connectivity index is 1.79. The lowest BCUT2D eigenvalue weighted by molar-refractivity contribution is -0.117. The molecule has 0 bridgehead atoms. The van der Waals surface area contributed by atoms with Crippen LogP contribution in [0.4, 0.5) is 5.13 Å². The number of aliphatic hydroxyl groups is 1. The molecule has 0 spiro atoms. The SMILES string of the molecule is CCCCOc1cccc(C2C(C(=O)c3ccco3)=C(O)C(=O)N2c2nnc(C)s2)c1. The van der Waals surface area contributed by atoms with Gasteiger partial charge in [0.05, 0.1) is 24.5 Å². The number of aliphatic hydroxyl groups excluding tert-OH is 1. The van der Waals surface area contributed by atoms with E-state index < -0.39 is 23.5 Å². The first-order chi connectivity index (χ1) is 15.0. The molecular formula is C22H21N3O5S. The molecule has 3 aromatic rings. The number of benzene rings is 1. The number of ketones is 1. The summed E-state index contributed by atoms with van der Waals surface area (Å²) in [5.74, 6) is -1.26. The van der Waals surface area contributed by atoms with Crippen LogP contribution < -0.4 is 9.64 Å². The lowest BCUT2D eigenvalue weighted by Gasteiger charge is -2.24. The van der Waals surface area contributed by atoms with Crippen LogP contribution in [0.1, 0.15) is 46.9 Å². The highest BCUT2D eigenvalue weighted by molar-refractivity contribution is 7.15. The van der Waals surface area contributed by atoms with E-state index in [1.165, 1.54) is 28.6 Å². The van der Waals surface area contributed by atoms with E-state index in [1.807, 2.05) is 6.07 Å². The molecule has 3 heterocycles. The Kier molecular flexibility index (Phi) is 5.85. The van der Waals surface area contributed by atoms with Gasteiger partial charge in [0.1, 0.15) is 10.8 Å². The summed E-state index contributed by atoms with van der Waals surface area (Å²) in [6.45, 7) is 4.40. The number of Topliss-reactive ketones (excluding diaryl/α,β-unsaturated/α-hetero) is 1. The van der Waals surface area contributed by atoms with Crippen LogP contribution in [-0.4, -0.2) is 33.6 Å². The van der Waals surface area contributed by atoms with Crippen molar-refractivity contribution < 1.29 is 23.8 Å². The van der Waals surface area contributed by atoms with Gasteiger partial charge in [-0.3, -0.25) is 14.5 Å². The molecule has 9 heteroatoms. The number of hydrogen-bond acceptors (Lipinski definition) is 8. The Morgan fingerprint density at radius 3 is 2.81 bits per heavy atom. The van der Waals surface area contributed by atoms with Crippen LogP contribution in [0, 0.1) is 6.92 Å². The zero-order chi connectivity index (χ0) is 22.0. The van der Waals surface area contributed by atoms with Crippen LogP contribution in [0.2, 0.25) is 0 Å². The molecule has 2 aromatic heterocycles. The molecule has 31 heavy (non-hydrogen) atoms. The molecule has 0 fully saturated rings. The second-order valence-corrected chi connectivity index (χ2v) is 8.18. The molecule has 8 nitrogen and oxygen atoms in total. The fourth-order valence-electron chi connectivity index (χ4n) is 3.38. The minimum atomic E-state index is -0.896. The van der Waals surface area contributed by atoms with Crippen molar-refractivity contribution in [1.82, 2.24) is 10.2 Å². The number of aromatic nitrogens is 2. The highest BCUT2D eigenvalue weighted by Gasteiger charge is 2.46. The van der Waals surface area contributed by atoms with Crippen molar-refractivity contribution in [1.29, 1.82) is 0 Å². The first-order valence-corrected chi connectivity index (χ1v) is 10.7. The largest absolute Gasteiger partial charge is 0.503 e. The standard InChI is InChI=1S/C22H21N3O5S/c1-3-4-10-29-15-8-5-7-14(12-15)18-17(19(26)16-9-6-11-30-16)20(27)21(28)25(18)22-24-23-13(2)31-22/h5-9,11-12,18,27H,3-4,10H2,1-2H3. The smallest absolute Gasteiger partial charge is 0.296 e. The third-order valence-electron chi connectivity index (χ3n) is 4.86. The third kappa shape index (κ3) is 3.96. The highest BCUT2D eigenvalue weighted by Crippen LogP contribution is 2.43. The molecule has 0 saturated heterocycles. The molecule has 1 unspecified atom stereocenters. The van der Waals surface area contributed by atoms with Crippen LogP contribution in [0.25, 0.3) is 0 Å². The summed E-state index contributed by atoms with van der Waals surface area (Å²) in [6.07, 6.45) is 3.27. The van der Waals surface area contributed by atoms with Crippen molar-refractivity contribution in [3.8, 4) is 5.75 Å². The van der Waals surface area contributed by atoms with E-state index in [0.717, 1.165) is 12.8 Å². The van der Waals surface area contributed by atoms with E-state index in [1.54, 1.807) is 31.2 Å². The lowest BCUT2D eigenvalue weighted by atomic mass is 9.95. The number of amides is 1. The molecule has 1 N–H and O–H groups in total. The number of rotatable bonds is 8. The number of carbonyl (C=O) groups is 2. The van der Waals surface area contributed by atoms with Gasteiger partial charge in [-0.2, -0.15) is 0 Å². The number of nitrogens with zero attached hydrogens (tertiary/aromatic N) is 3. The van der Waals surface area contributed by atoms with Crippen molar-refractivity contribution in [2.45, 2.75) is 32.7 Å². The van der Waals surface area contributed by atoms with Gasteiger partial charge in [0, 0.05) is 0 Å². The maximum absolute atomic E-state index is 13.2. The summed E-state index contributed by atoms with van der Waals surface area (Å²) >= 11 is 1.20. The van der Waals surface area contributed by atoms with Crippen molar-refractivity contribution in [3.05, 3.63) is 70.3 Å². The summed E-state index contributed by atoms with van der Waals surface area (Å²) in [4.78, 5) is 27.5. The molecule has 0 radical (unpaired) electrons. The second-order valence-electron chi connectivity index (χ2n) is 7.02. The first-order valence-electron chi connectivity index (χ1n) is 9.89. The Bertz CT molecular complexity index is 1140. The number of anilines is 1. The van der Waals surface area contributed by atoms with Gasteiger partial charge in [-0.15, -0.1) is 10.2 Å². The summed E-state index contributed by atoms with van der Waals surface area (Å²) in [5, 5.41) is 19.7. The van der Waals surface area contributed by atoms with E-state index in [-0.39, 0.29) is 11.3 Å². The second kappa shape index (κ2) is 8.73. The van der Waals surface area contributed by atoms with Gasteiger partial charge in [0.25, 0.3) is 5.91 Å². The summed E-state index contributed by atoms with van der Waals surface area (Å²) in [6, 6.07) is 9.31. The highest BCUT2D eigenvalue weighted by atomic mass is 32.1. The fraction of sp³-hybridized carbons (Fsp3) is 0.273. The Labute approximate surface area is 182 Å². The molecule has 160 valence electrons. The topological polar surface area (TPSA) is 106 Å². The van der Waals surface area contributed by atoms with Crippen molar-refractivity contribution in [3.63, 3.8) is 0 Å². The van der Waals surface area contributed by atoms with E-state index in [9.17, 15) is 14.7 Å². The van der Waals surface area contributed by atoms with E-state index in [2.05, 4.69) is 17.1 Å². The lowest BCUT2D eigenvalue weighted by Crippen LogP contribution is -2.31. The number of carbonyl (C=O) groups excluding carboxylic acids is 2. The van der Waals surface area contributed by atoms with E-state index in [4.69, 9.17) is 9.15 Å². The minimum absolute atomic E-state index is 0.0324. The predicted molar refractivity (Wildman–Crippen MR) is 114 cm³/mol. The quantitative estimate of drug-likeness (QED) is 0.409. The third-order valence-corrected chi connectivity index (χ3v) is 5.70. The molecule has 1 atom stereocenters. The van der Waals surface area contributed by atoms with Gasteiger partial charge in [0.15, 0.2) is 11.5 Å². The molecule has 0 aliphatic carbocycles. The van der Waals surface area contributed by atoms with Gasteiger partial charge in [-0.1, -0.05) is 36.8 Å². The predicted octanol–water partition coefficient (Wildman–Crippen LogP) is 4.40. The Morgan fingerprint density at radius 1 is 1.29 bits per heavy atom. The van der Waals surface area contributed by atoms with E-state index in [0.29, 0.717) is 28.1 Å². The number of aryl methyl sites for hydroxylation is 1. The molecule has 1 amide bonds. The first kappa shape index (κ1) is 20.8. The Morgan fingerprint density at radius 2 is 2.13 bits per heavy atom.